The van der Waals surface area contributed by atoms with E-state index in [9.17, 15) is 9.32 Å². The molecule has 0 saturated carbocycles. The van der Waals surface area contributed by atoms with Crippen LogP contribution >= 0.6 is 15.9 Å². The lowest BCUT2D eigenvalue weighted by molar-refractivity contribution is 0.191. The van der Waals surface area contributed by atoms with E-state index >= 15 is 0 Å². The van der Waals surface area contributed by atoms with E-state index in [0.29, 0.717) is 12.6 Å². The molecule has 0 radical (unpaired) electrons. The Kier molecular flexibility index (Phi) is 6.33. The Bertz CT molecular complexity index is 385. The van der Waals surface area contributed by atoms with Crippen LogP contribution in [0.2, 0.25) is 0 Å². The van der Waals surface area contributed by atoms with Gasteiger partial charge >= 0.3 is 0 Å². The van der Waals surface area contributed by atoms with Gasteiger partial charge in [0.25, 0.3) is 0 Å². The second-order valence-corrected chi connectivity index (χ2v) is 6.60. The van der Waals surface area contributed by atoms with E-state index in [4.69, 9.17) is 0 Å². The molecular weight excluding hydrogens is 302 g/mol. The molecule has 5 heteroatoms. The summed E-state index contributed by atoms with van der Waals surface area (Å²) in [5, 5.41) is 12.9. The number of halogens is 1. The van der Waals surface area contributed by atoms with Crippen LogP contribution in [0, 0.1) is 0 Å². The van der Waals surface area contributed by atoms with Crippen molar-refractivity contribution in [3.05, 3.63) is 28.7 Å². The molecule has 0 saturated heterocycles. The van der Waals surface area contributed by atoms with E-state index in [0.717, 1.165) is 9.37 Å². The third-order valence-corrected chi connectivity index (χ3v) is 4.12. The SMILES string of the molecule is CC(C)NCC(O)CS(=O)c1cccc(Br)c1. The van der Waals surface area contributed by atoms with Crippen molar-refractivity contribution < 1.29 is 9.32 Å². The summed E-state index contributed by atoms with van der Waals surface area (Å²) in [4.78, 5) is 0.739. The van der Waals surface area contributed by atoms with Gasteiger partial charge in [0.2, 0.25) is 0 Å². The molecule has 0 aliphatic rings. The first-order chi connectivity index (χ1) is 7.99. The Hall–Kier alpha value is -0.230. The van der Waals surface area contributed by atoms with Gasteiger partial charge in [0.05, 0.1) is 22.7 Å². The zero-order valence-electron chi connectivity index (χ0n) is 10.0. The number of nitrogens with one attached hydrogen (secondary N) is 1. The zero-order chi connectivity index (χ0) is 12.8. The van der Waals surface area contributed by atoms with Gasteiger partial charge in [-0.1, -0.05) is 35.8 Å². The molecule has 3 nitrogen and oxygen atoms in total. The molecule has 0 heterocycles. The zero-order valence-corrected chi connectivity index (χ0v) is 12.4. The average Bonchev–Trinajstić information content (AvgIpc) is 2.26. The first-order valence-corrected chi connectivity index (χ1v) is 7.65. The van der Waals surface area contributed by atoms with Crippen molar-refractivity contribution in [2.45, 2.75) is 30.9 Å². The highest BCUT2D eigenvalue weighted by molar-refractivity contribution is 9.10. The maximum atomic E-state index is 12.0. The minimum atomic E-state index is -1.16. The summed E-state index contributed by atoms with van der Waals surface area (Å²) in [7, 11) is -1.16. The highest BCUT2D eigenvalue weighted by Gasteiger charge is 2.11. The maximum absolute atomic E-state index is 12.0. The normalized spacial score (nSPS) is 14.9. The molecule has 0 bridgehead atoms. The Morgan fingerprint density at radius 3 is 2.76 bits per heavy atom. The summed E-state index contributed by atoms with van der Waals surface area (Å²) in [6, 6.07) is 7.68. The molecule has 96 valence electrons. The molecule has 0 aliphatic carbocycles. The van der Waals surface area contributed by atoms with Crippen molar-refractivity contribution in [3.8, 4) is 0 Å². The summed E-state index contributed by atoms with van der Waals surface area (Å²) >= 11 is 3.34. The minimum Gasteiger partial charge on any atom is -0.391 e. The molecule has 2 N–H and O–H groups in total. The van der Waals surface area contributed by atoms with Crippen molar-refractivity contribution in [3.63, 3.8) is 0 Å². The fourth-order valence-electron chi connectivity index (χ4n) is 1.31. The minimum absolute atomic E-state index is 0.260. The van der Waals surface area contributed by atoms with Crippen molar-refractivity contribution in [2.24, 2.45) is 0 Å². The molecule has 1 aromatic carbocycles. The quantitative estimate of drug-likeness (QED) is 0.842. The lowest BCUT2D eigenvalue weighted by atomic mass is 10.3. The van der Waals surface area contributed by atoms with E-state index < -0.39 is 16.9 Å². The van der Waals surface area contributed by atoms with Crippen molar-refractivity contribution >= 4 is 26.7 Å². The average molecular weight is 320 g/mol. The van der Waals surface area contributed by atoms with Gasteiger partial charge in [-0.3, -0.25) is 4.21 Å². The van der Waals surface area contributed by atoms with Crippen LogP contribution in [0.25, 0.3) is 0 Å². The van der Waals surface area contributed by atoms with E-state index in [1.54, 1.807) is 0 Å². The smallest absolute Gasteiger partial charge is 0.0783 e. The van der Waals surface area contributed by atoms with Gasteiger partial charge < -0.3 is 10.4 Å². The molecule has 1 rings (SSSR count). The third kappa shape index (κ3) is 5.77. The fraction of sp³-hybridized carbons (Fsp3) is 0.500. The van der Waals surface area contributed by atoms with E-state index in [1.807, 2.05) is 38.1 Å². The second kappa shape index (κ2) is 7.26. The summed E-state index contributed by atoms with van der Waals surface area (Å²) in [6.45, 7) is 4.49. The molecular formula is C12H18BrNO2S. The fourth-order valence-corrected chi connectivity index (χ4v) is 3.01. The highest BCUT2D eigenvalue weighted by atomic mass is 79.9. The monoisotopic (exact) mass is 319 g/mol. The highest BCUT2D eigenvalue weighted by Crippen LogP contribution is 2.15. The summed E-state index contributed by atoms with van der Waals surface area (Å²) in [5.74, 6) is 0.260. The van der Waals surface area contributed by atoms with Gasteiger partial charge in [-0.2, -0.15) is 0 Å². The largest absolute Gasteiger partial charge is 0.391 e. The molecule has 0 aromatic heterocycles. The first kappa shape index (κ1) is 14.8. The summed E-state index contributed by atoms with van der Waals surface area (Å²) in [5.41, 5.74) is 0. The van der Waals surface area contributed by atoms with Crippen molar-refractivity contribution in [1.82, 2.24) is 5.32 Å². The molecule has 0 aliphatic heterocycles. The number of hydrogen-bond acceptors (Lipinski definition) is 3. The van der Waals surface area contributed by atoms with Crippen molar-refractivity contribution in [2.75, 3.05) is 12.3 Å². The van der Waals surface area contributed by atoms with Crippen LogP contribution in [0.3, 0.4) is 0 Å². The Labute approximate surface area is 113 Å². The number of hydrogen-bond donors (Lipinski definition) is 2. The maximum Gasteiger partial charge on any atom is 0.0783 e. The summed E-state index contributed by atoms with van der Waals surface area (Å²) < 4.78 is 12.9. The molecule has 2 atom stereocenters. The van der Waals surface area contributed by atoms with Crippen LogP contribution in [-0.4, -0.2) is 33.8 Å². The molecule has 0 amide bonds. The first-order valence-electron chi connectivity index (χ1n) is 5.54. The van der Waals surface area contributed by atoms with Crippen LogP contribution in [0.5, 0.6) is 0 Å². The van der Waals surface area contributed by atoms with Crippen LogP contribution in [0.15, 0.2) is 33.6 Å². The molecule has 17 heavy (non-hydrogen) atoms. The van der Waals surface area contributed by atoms with E-state index in [1.165, 1.54) is 0 Å². The van der Waals surface area contributed by atoms with Crippen LogP contribution < -0.4 is 5.32 Å². The van der Waals surface area contributed by atoms with Gasteiger partial charge in [-0.15, -0.1) is 0 Å². The number of aliphatic hydroxyl groups is 1. The summed E-state index contributed by atoms with van der Waals surface area (Å²) in [6.07, 6.45) is -0.586. The topological polar surface area (TPSA) is 49.3 Å². The Morgan fingerprint density at radius 1 is 1.47 bits per heavy atom. The Morgan fingerprint density at radius 2 is 2.18 bits per heavy atom. The van der Waals surface area contributed by atoms with Gasteiger partial charge in [-0.05, 0) is 18.2 Å². The van der Waals surface area contributed by atoms with Gasteiger partial charge in [-0.25, -0.2) is 0 Å². The van der Waals surface area contributed by atoms with Gasteiger partial charge in [0.1, 0.15) is 0 Å². The number of rotatable bonds is 6. The predicted molar refractivity (Wildman–Crippen MR) is 74.6 cm³/mol. The Balaban J connectivity index is 2.49. The molecule has 0 spiro atoms. The lowest BCUT2D eigenvalue weighted by Gasteiger charge is -2.13. The standard InChI is InChI=1S/C12H18BrNO2S/c1-9(2)14-7-11(15)8-17(16)12-5-3-4-10(13)6-12/h3-6,9,11,14-15H,7-8H2,1-2H3. The lowest BCUT2D eigenvalue weighted by Crippen LogP contribution is -2.34. The van der Waals surface area contributed by atoms with Gasteiger partial charge in [0, 0.05) is 22.0 Å². The second-order valence-electron chi connectivity index (χ2n) is 4.19. The molecule has 0 fully saturated rings. The van der Waals surface area contributed by atoms with Crippen molar-refractivity contribution in [1.29, 1.82) is 0 Å². The predicted octanol–water partition coefficient (Wildman–Crippen LogP) is 1.92. The molecule has 1 aromatic rings. The van der Waals surface area contributed by atoms with Crippen LogP contribution in [0.1, 0.15) is 13.8 Å². The number of benzene rings is 1. The van der Waals surface area contributed by atoms with Gasteiger partial charge in [0.15, 0.2) is 0 Å². The number of aliphatic hydroxyl groups excluding tert-OH is 1. The van der Waals surface area contributed by atoms with E-state index in [-0.39, 0.29) is 5.75 Å². The molecule has 2 unspecified atom stereocenters. The third-order valence-electron chi connectivity index (χ3n) is 2.16. The van der Waals surface area contributed by atoms with Crippen LogP contribution in [-0.2, 0) is 10.8 Å². The van der Waals surface area contributed by atoms with Crippen LogP contribution in [0.4, 0.5) is 0 Å². The van der Waals surface area contributed by atoms with E-state index in [2.05, 4.69) is 21.2 Å².